The number of carboxylic acid groups (broad SMARTS) is 1. The zero-order valence-electron chi connectivity index (χ0n) is 11.1. The molecule has 2 N–H and O–H groups in total. The lowest BCUT2D eigenvalue weighted by Crippen LogP contribution is -2.32. The van der Waals surface area contributed by atoms with Gasteiger partial charge in [-0.3, -0.25) is 9.59 Å². The van der Waals surface area contributed by atoms with Gasteiger partial charge in [-0.25, -0.2) is 0 Å². The number of rotatable bonds is 6. The first-order valence-electron chi connectivity index (χ1n) is 6.81. The number of carboxylic acids is 1. The van der Waals surface area contributed by atoms with Gasteiger partial charge in [-0.15, -0.1) is 0 Å². The van der Waals surface area contributed by atoms with Crippen molar-refractivity contribution in [2.45, 2.75) is 38.1 Å². The van der Waals surface area contributed by atoms with Gasteiger partial charge >= 0.3 is 5.97 Å². The fraction of sp³-hybridized carbons (Fsp3) is 0.467. The minimum absolute atomic E-state index is 0.0732. The van der Waals surface area contributed by atoms with E-state index in [0.717, 1.165) is 18.4 Å². The second kappa shape index (κ2) is 6.75. The Kier molecular flexibility index (Phi) is 5.01. The Balaban J connectivity index is 2.00. The van der Waals surface area contributed by atoms with Crippen LogP contribution >= 0.6 is 11.6 Å². The molecule has 5 heteroatoms. The molecule has 108 valence electrons. The van der Waals surface area contributed by atoms with E-state index >= 15 is 0 Å². The van der Waals surface area contributed by atoms with Gasteiger partial charge in [-0.05, 0) is 36.5 Å². The van der Waals surface area contributed by atoms with Gasteiger partial charge in [0.1, 0.15) is 0 Å². The minimum Gasteiger partial charge on any atom is -0.481 e. The number of nitrogens with one attached hydrogen (secondary N) is 1. The van der Waals surface area contributed by atoms with E-state index in [4.69, 9.17) is 16.7 Å². The number of amides is 1. The predicted molar refractivity (Wildman–Crippen MR) is 76.5 cm³/mol. The van der Waals surface area contributed by atoms with Crippen molar-refractivity contribution in [2.24, 2.45) is 5.92 Å². The Morgan fingerprint density at radius 3 is 2.45 bits per heavy atom. The van der Waals surface area contributed by atoms with E-state index in [1.165, 1.54) is 6.42 Å². The summed E-state index contributed by atoms with van der Waals surface area (Å²) in [7, 11) is 0. The number of benzene rings is 1. The van der Waals surface area contributed by atoms with Crippen molar-refractivity contribution >= 4 is 23.5 Å². The molecule has 20 heavy (non-hydrogen) atoms. The Morgan fingerprint density at radius 2 is 1.95 bits per heavy atom. The fourth-order valence-corrected chi connectivity index (χ4v) is 2.46. The molecule has 1 aliphatic carbocycles. The normalized spacial score (nSPS) is 16.2. The maximum atomic E-state index is 11.9. The summed E-state index contributed by atoms with van der Waals surface area (Å²) in [4.78, 5) is 22.9. The summed E-state index contributed by atoms with van der Waals surface area (Å²) in [6, 6.07) is 6.39. The van der Waals surface area contributed by atoms with Gasteiger partial charge in [-0.2, -0.15) is 0 Å². The van der Waals surface area contributed by atoms with Gasteiger partial charge in [0, 0.05) is 11.4 Å². The molecule has 2 rings (SSSR count). The van der Waals surface area contributed by atoms with Crippen molar-refractivity contribution in [1.29, 1.82) is 0 Å². The van der Waals surface area contributed by atoms with Crippen LogP contribution in [0.5, 0.6) is 0 Å². The molecule has 1 fully saturated rings. The van der Waals surface area contributed by atoms with E-state index < -0.39 is 12.0 Å². The highest BCUT2D eigenvalue weighted by Crippen LogP contribution is 2.29. The van der Waals surface area contributed by atoms with E-state index in [2.05, 4.69) is 5.32 Å². The third-order valence-electron chi connectivity index (χ3n) is 3.69. The number of hydrogen-bond acceptors (Lipinski definition) is 2. The van der Waals surface area contributed by atoms with E-state index in [0.29, 0.717) is 17.4 Å². The molecule has 0 unspecified atom stereocenters. The van der Waals surface area contributed by atoms with Crippen molar-refractivity contribution in [3.8, 4) is 0 Å². The smallest absolute Gasteiger partial charge is 0.305 e. The molecule has 0 spiro atoms. The minimum atomic E-state index is -0.936. The van der Waals surface area contributed by atoms with Gasteiger partial charge in [-0.1, -0.05) is 30.2 Å². The number of carbonyl (C=O) groups is 2. The van der Waals surface area contributed by atoms with Crippen LogP contribution in [0.2, 0.25) is 5.02 Å². The molecule has 0 saturated heterocycles. The summed E-state index contributed by atoms with van der Waals surface area (Å²) < 4.78 is 0. The second-order valence-corrected chi connectivity index (χ2v) is 5.71. The molecule has 1 aliphatic rings. The van der Waals surface area contributed by atoms with E-state index in [1.807, 2.05) is 0 Å². The summed E-state index contributed by atoms with van der Waals surface area (Å²) in [6.07, 6.45) is 3.74. The zero-order valence-corrected chi connectivity index (χ0v) is 11.9. The molecule has 1 amide bonds. The molecule has 0 aromatic heterocycles. The molecule has 1 saturated carbocycles. The van der Waals surface area contributed by atoms with E-state index in [9.17, 15) is 9.59 Å². The van der Waals surface area contributed by atoms with Crippen LogP contribution in [0.15, 0.2) is 24.3 Å². The lowest BCUT2D eigenvalue weighted by molar-refractivity contribution is -0.137. The summed E-state index contributed by atoms with van der Waals surface area (Å²) in [6.45, 7) is 0. The summed E-state index contributed by atoms with van der Waals surface area (Å²) in [5.41, 5.74) is 0.763. The molecule has 1 aromatic carbocycles. The summed E-state index contributed by atoms with van der Waals surface area (Å²) in [5.74, 6) is -0.546. The van der Waals surface area contributed by atoms with E-state index in [-0.39, 0.29) is 12.3 Å². The van der Waals surface area contributed by atoms with Crippen molar-refractivity contribution in [1.82, 2.24) is 5.32 Å². The van der Waals surface area contributed by atoms with Crippen LogP contribution < -0.4 is 5.32 Å². The number of carbonyl (C=O) groups excluding carboxylic acids is 1. The molecule has 1 atom stereocenters. The van der Waals surface area contributed by atoms with Crippen LogP contribution in [0.25, 0.3) is 0 Å². The van der Waals surface area contributed by atoms with Crippen LogP contribution in [0.4, 0.5) is 0 Å². The SMILES string of the molecule is O=C(O)C[C@H](NC(=O)CC1CCC1)c1ccc(Cl)cc1. The maximum Gasteiger partial charge on any atom is 0.305 e. The molecular formula is C15H18ClNO3. The molecule has 1 aromatic rings. The number of hydrogen-bond donors (Lipinski definition) is 2. The molecule has 4 nitrogen and oxygen atoms in total. The van der Waals surface area contributed by atoms with Gasteiger partial charge in [0.15, 0.2) is 0 Å². The number of aliphatic carboxylic acids is 1. The third-order valence-corrected chi connectivity index (χ3v) is 3.94. The third kappa shape index (κ3) is 4.23. The average molecular weight is 296 g/mol. The Hall–Kier alpha value is -1.55. The largest absolute Gasteiger partial charge is 0.481 e. The Morgan fingerprint density at radius 1 is 1.30 bits per heavy atom. The van der Waals surface area contributed by atoms with Crippen LogP contribution in [0, 0.1) is 5.92 Å². The van der Waals surface area contributed by atoms with Crippen molar-refractivity contribution < 1.29 is 14.7 Å². The van der Waals surface area contributed by atoms with Gasteiger partial charge < -0.3 is 10.4 Å². The molecule has 0 bridgehead atoms. The van der Waals surface area contributed by atoms with Crippen molar-refractivity contribution in [3.63, 3.8) is 0 Å². The molecule has 0 aliphatic heterocycles. The zero-order chi connectivity index (χ0) is 14.5. The first kappa shape index (κ1) is 14.9. The topological polar surface area (TPSA) is 66.4 Å². The quantitative estimate of drug-likeness (QED) is 0.847. The van der Waals surface area contributed by atoms with Crippen LogP contribution in [-0.2, 0) is 9.59 Å². The number of halogens is 1. The summed E-state index contributed by atoms with van der Waals surface area (Å²) >= 11 is 5.82. The lowest BCUT2D eigenvalue weighted by Gasteiger charge is -2.26. The first-order valence-corrected chi connectivity index (χ1v) is 7.19. The fourth-order valence-electron chi connectivity index (χ4n) is 2.33. The lowest BCUT2D eigenvalue weighted by atomic mass is 9.83. The second-order valence-electron chi connectivity index (χ2n) is 5.27. The first-order chi connectivity index (χ1) is 9.54. The Labute approximate surface area is 123 Å². The molecule has 0 heterocycles. The van der Waals surface area contributed by atoms with E-state index in [1.54, 1.807) is 24.3 Å². The Bertz CT molecular complexity index is 482. The van der Waals surface area contributed by atoms with Crippen LogP contribution in [0.3, 0.4) is 0 Å². The highest BCUT2D eigenvalue weighted by atomic mass is 35.5. The van der Waals surface area contributed by atoms with Crippen molar-refractivity contribution in [3.05, 3.63) is 34.9 Å². The van der Waals surface area contributed by atoms with Crippen LogP contribution in [0.1, 0.15) is 43.7 Å². The van der Waals surface area contributed by atoms with Gasteiger partial charge in [0.05, 0.1) is 12.5 Å². The predicted octanol–water partition coefficient (Wildman–Crippen LogP) is 3.16. The van der Waals surface area contributed by atoms with Crippen LogP contribution in [-0.4, -0.2) is 17.0 Å². The molecule has 0 radical (unpaired) electrons. The van der Waals surface area contributed by atoms with Crippen molar-refractivity contribution in [2.75, 3.05) is 0 Å². The van der Waals surface area contributed by atoms with Gasteiger partial charge in [0.2, 0.25) is 5.91 Å². The van der Waals surface area contributed by atoms with Gasteiger partial charge in [0.25, 0.3) is 0 Å². The standard InChI is InChI=1S/C15H18ClNO3/c16-12-6-4-11(5-7-12)13(9-15(19)20)17-14(18)8-10-2-1-3-10/h4-7,10,13H,1-3,8-9H2,(H,17,18)(H,19,20)/t13-/m0/s1. The highest BCUT2D eigenvalue weighted by Gasteiger charge is 2.23. The summed E-state index contributed by atoms with van der Waals surface area (Å²) in [5, 5.41) is 12.4. The molecular weight excluding hydrogens is 278 g/mol. The average Bonchev–Trinajstić information content (AvgIpc) is 2.33. The maximum absolute atomic E-state index is 11.9. The monoisotopic (exact) mass is 295 g/mol. The highest BCUT2D eigenvalue weighted by molar-refractivity contribution is 6.30.